The van der Waals surface area contributed by atoms with Crippen molar-refractivity contribution in [3.8, 4) is 40.4 Å². The van der Waals surface area contributed by atoms with Gasteiger partial charge < -0.3 is 30.1 Å². The van der Waals surface area contributed by atoms with Crippen LogP contribution in [0.15, 0.2) is 71.8 Å². The minimum Gasteiger partial charge on any atom is -0.508 e. The van der Waals surface area contributed by atoms with Crippen molar-refractivity contribution >= 4 is 23.5 Å². The Labute approximate surface area is 365 Å². The summed E-state index contributed by atoms with van der Waals surface area (Å²) in [7, 11) is 0. The van der Waals surface area contributed by atoms with Crippen LogP contribution in [0, 0.1) is 17.2 Å². The maximum absolute atomic E-state index is 13.1. The number of ether oxygens (including phenoxy) is 1. The third-order valence-electron chi connectivity index (χ3n) is 12.4. The average molecular weight is 861 g/mol. The third-order valence-corrected chi connectivity index (χ3v) is 12.7. The van der Waals surface area contributed by atoms with Gasteiger partial charge in [-0.1, -0.05) is 37.6 Å². The van der Waals surface area contributed by atoms with Gasteiger partial charge in [0.05, 0.1) is 33.5 Å². The van der Waals surface area contributed by atoms with E-state index in [-0.39, 0.29) is 41.3 Å². The van der Waals surface area contributed by atoms with Crippen molar-refractivity contribution in [2.45, 2.75) is 77.0 Å². The summed E-state index contributed by atoms with van der Waals surface area (Å²) in [6.07, 6.45) is 8.64. The molecular weight excluding hydrogens is 808 g/mol. The van der Waals surface area contributed by atoms with E-state index in [4.69, 9.17) is 21.6 Å². The zero-order valence-electron chi connectivity index (χ0n) is 35.1. The van der Waals surface area contributed by atoms with Gasteiger partial charge in [-0.2, -0.15) is 10.4 Å². The van der Waals surface area contributed by atoms with Gasteiger partial charge in [-0.3, -0.25) is 9.69 Å². The van der Waals surface area contributed by atoms with Gasteiger partial charge in [0, 0.05) is 82.9 Å². The number of nitriles is 1. The highest BCUT2D eigenvalue weighted by molar-refractivity contribution is 6.31. The summed E-state index contributed by atoms with van der Waals surface area (Å²) < 4.78 is 7.53. The standard InChI is InChI=1S/C46H53ClN10O5/c1-29(2)38-22-39(42(59)23-41(38)58)43-52-53-46(61)57(43)35-8-3-30(4-9-35)27-54-17-19-55(20-18-54)28-31-13-15-56(16-14-31)45-49-25-33(26-50-45)44(60)51-34-6-11-36(12-7-34)62-37-10-5-32(24-48)40(47)21-37/h3-5,8-10,21-23,25-26,29,31,34,36,58-59H,6-7,11-20,27-28H2,1-2H3,(H,51,60)(H,53,61). The number of rotatable bonds is 12. The molecule has 1 amide bonds. The molecule has 8 rings (SSSR count). The van der Waals surface area contributed by atoms with E-state index in [1.165, 1.54) is 10.6 Å². The van der Waals surface area contributed by atoms with E-state index >= 15 is 0 Å². The van der Waals surface area contributed by atoms with Crippen molar-refractivity contribution in [2.75, 3.05) is 50.7 Å². The Morgan fingerprint density at radius 2 is 1.61 bits per heavy atom. The molecule has 3 aliphatic rings. The summed E-state index contributed by atoms with van der Waals surface area (Å²) in [4.78, 5) is 42.4. The zero-order valence-corrected chi connectivity index (χ0v) is 35.9. The summed E-state index contributed by atoms with van der Waals surface area (Å²) in [5, 5.41) is 40.3. The normalized spacial score (nSPS) is 19.0. The number of carbonyl (C=O) groups excluding carboxylic acids is 1. The van der Waals surface area contributed by atoms with Crippen LogP contribution in [0.5, 0.6) is 17.2 Å². The van der Waals surface area contributed by atoms with E-state index in [2.05, 4.69) is 46.3 Å². The van der Waals surface area contributed by atoms with Crippen LogP contribution >= 0.6 is 11.6 Å². The van der Waals surface area contributed by atoms with Gasteiger partial charge in [-0.05, 0) is 91.8 Å². The predicted octanol–water partition coefficient (Wildman–Crippen LogP) is 6.23. The maximum Gasteiger partial charge on any atom is 0.348 e. The Hall–Kier alpha value is -5.95. The number of amides is 1. The maximum atomic E-state index is 13.1. The minimum atomic E-state index is -0.413. The summed E-state index contributed by atoms with van der Waals surface area (Å²) in [5.41, 5.74) is 3.28. The number of hydrogen-bond acceptors (Lipinski definition) is 12. The lowest BCUT2D eigenvalue weighted by Crippen LogP contribution is -2.48. The molecule has 4 heterocycles. The van der Waals surface area contributed by atoms with Crippen molar-refractivity contribution in [1.29, 1.82) is 5.26 Å². The number of aromatic amines is 1. The number of halogens is 1. The predicted molar refractivity (Wildman–Crippen MR) is 236 cm³/mol. The molecule has 2 aliphatic heterocycles. The van der Waals surface area contributed by atoms with Gasteiger partial charge in [0.15, 0.2) is 5.82 Å². The van der Waals surface area contributed by atoms with E-state index in [0.717, 1.165) is 96.4 Å². The lowest BCUT2D eigenvalue weighted by atomic mass is 9.92. The molecule has 4 N–H and O–H groups in total. The van der Waals surface area contributed by atoms with Crippen LogP contribution < -0.4 is 20.6 Å². The molecule has 1 saturated carbocycles. The van der Waals surface area contributed by atoms with Gasteiger partial charge in [0.25, 0.3) is 5.91 Å². The fourth-order valence-electron chi connectivity index (χ4n) is 8.82. The van der Waals surface area contributed by atoms with Crippen molar-refractivity contribution in [3.05, 3.63) is 105 Å². The van der Waals surface area contributed by atoms with E-state index in [1.54, 1.807) is 36.7 Å². The molecule has 2 aromatic heterocycles. The van der Waals surface area contributed by atoms with Crippen LogP contribution in [0.25, 0.3) is 17.1 Å². The summed E-state index contributed by atoms with van der Waals surface area (Å²) in [6.45, 7) is 11.5. The highest BCUT2D eigenvalue weighted by Crippen LogP contribution is 2.37. The molecule has 3 fully saturated rings. The van der Waals surface area contributed by atoms with Crippen LogP contribution in [-0.4, -0.2) is 109 Å². The summed E-state index contributed by atoms with van der Waals surface area (Å²) >= 11 is 6.16. The third kappa shape index (κ3) is 9.88. The minimum absolute atomic E-state index is 0.00354. The smallest absolute Gasteiger partial charge is 0.348 e. The number of anilines is 1. The topological polar surface area (TPSA) is 189 Å². The van der Waals surface area contributed by atoms with Crippen molar-refractivity contribution in [1.82, 2.24) is 39.8 Å². The van der Waals surface area contributed by atoms with E-state index in [9.17, 15) is 19.8 Å². The fourth-order valence-corrected chi connectivity index (χ4v) is 9.03. The number of piperidine rings is 1. The Morgan fingerprint density at radius 3 is 2.27 bits per heavy atom. The number of H-pyrrole nitrogens is 1. The second kappa shape index (κ2) is 19.0. The molecule has 0 bridgehead atoms. The monoisotopic (exact) mass is 860 g/mol. The quantitative estimate of drug-likeness (QED) is 0.111. The highest BCUT2D eigenvalue weighted by Gasteiger charge is 2.27. The first kappa shape index (κ1) is 42.7. The second-order valence-corrected chi connectivity index (χ2v) is 17.4. The molecule has 3 aromatic carbocycles. The molecule has 324 valence electrons. The Bertz CT molecular complexity index is 2440. The van der Waals surface area contributed by atoms with Crippen LogP contribution in [0.4, 0.5) is 5.95 Å². The number of nitrogens with zero attached hydrogens (tertiary/aromatic N) is 8. The molecular formula is C46H53ClN10O5. The molecule has 0 radical (unpaired) electrons. The lowest BCUT2D eigenvalue weighted by Gasteiger charge is -2.39. The SMILES string of the molecule is CC(C)c1cc(-c2n[nH]c(=O)n2-c2ccc(CN3CCN(CC4CCN(c5ncc(C(=O)NC6CCC(Oc7ccc(C#N)c(Cl)c7)CC6)cn5)CC4)CC3)cc2)c(O)cc1O. The summed E-state index contributed by atoms with van der Waals surface area (Å²) in [5.74, 6) is 1.90. The number of benzene rings is 3. The van der Waals surface area contributed by atoms with Crippen LogP contribution in [0.2, 0.25) is 5.02 Å². The van der Waals surface area contributed by atoms with E-state index in [0.29, 0.717) is 50.6 Å². The number of aromatic nitrogens is 5. The Morgan fingerprint density at radius 1 is 0.919 bits per heavy atom. The molecule has 1 aliphatic carbocycles. The zero-order chi connectivity index (χ0) is 43.3. The number of piperazine rings is 1. The van der Waals surface area contributed by atoms with Gasteiger partial charge in [0.2, 0.25) is 5.95 Å². The van der Waals surface area contributed by atoms with E-state index in [1.807, 2.05) is 38.1 Å². The van der Waals surface area contributed by atoms with Crippen LogP contribution in [0.1, 0.15) is 85.3 Å². The Balaban J connectivity index is 0.749. The Kier molecular flexibility index (Phi) is 13.1. The summed E-state index contributed by atoms with van der Waals surface area (Å²) in [6, 6.07) is 18.1. The van der Waals surface area contributed by atoms with Gasteiger partial charge >= 0.3 is 5.69 Å². The number of aromatic hydroxyl groups is 2. The first-order valence-electron chi connectivity index (χ1n) is 21.5. The molecule has 0 unspecified atom stereocenters. The fraction of sp³-hybridized carbons (Fsp3) is 0.435. The van der Waals surface area contributed by atoms with E-state index < -0.39 is 5.69 Å². The molecule has 16 heteroatoms. The first-order valence-corrected chi connectivity index (χ1v) is 21.9. The van der Waals surface area contributed by atoms with Crippen LogP contribution in [-0.2, 0) is 6.54 Å². The first-order chi connectivity index (χ1) is 30.0. The number of nitrogens with one attached hydrogen (secondary N) is 2. The number of phenols is 2. The van der Waals surface area contributed by atoms with Crippen molar-refractivity contribution in [3.63, 3.8) is 0 Å². The van der Waals surface area contributed by atoms with Crippen molar-refractivity contribution < 1.29 is 19.7 Å². The number of carbonyl (C=O) groups is 1. The number of phenolic OH excluding ortho intramolecular Hbond substituents is 2. The lowest BCUT2D eigenvalue weighted by molar-refractivity contribution is 0.0893. The van der Waals surface area contributed by atoms with Gasteiger partial charge in [0.1, 0.15) is 23.3 Å². The highest BCUT2D eigenvalue weighted by atomic mass is 35.5. The molecule has 2 saturated heterocycles. The second-order valence-electron chi connectivity index (χ2n) is 17.0. The molecule has 0 spiro atoms. The molecule has 62 heavy (non-hydrogen) atoms. The molecule has 0 atom stereocenters. The largest absolute Gasteiger partial charge is 0.508 e. The van der Waals surface area contributed by atoms with Gasteiger partial charge in [-0.25, -0.2) is 24.4 Å². The molecule has 15 nitrogen and oxygen atoms in total. The molecule has 5 aromatic rings. The van der Waals surface area contributed by atoms with Crippen LogP contribution in [0.3, 0.4) is 0 Å². The average Bonchev–Trinajstić information content (AvgIpc) is 3.66. The van der Waals surface area contributed by atoms with Crippen molar-refractivity contribution in [2.24, 2.45) is 5.92 Å². The number of hydrogen-bond donors (Lipinski definition) is 4. The van der Waals surface area contributed by atoms with Gasteiger partial charge in [-0.15, -0.1) is 0 Å².